The number of hydrogen-bond acceptors (Lipinski definition) is 0. The fourth-order valence-electron chi connectivity index (χ4n) is 4.62. The van der Waals surface area contributed by atoms with Gasteiger partial charge in [-0.25, -0.2) is 0 Å². The van der Waals surface area contributed by atoms with Crippen molar-refractivity contribution in [2.75, 3.05) is 0 Å². The van der Waals surface area contributed by atoms with Crippen molar-refractivity contribution in [3.05, 3.63) is 56.5 Å². The zero-order valence-electron chi connectivity index (χ0n) is 11.5. The van der Waals surface area contributed by atoms with Crippen molar-refractivity contribution in [3.63, 3.8) is 0 Å². The molecule has 5 rings (SSSR count). The highest BCUT2D eigenvalue weighted by Gasteiger charge is 2.39. The van der Waals surface area contributed by atoms with Gasteiger partial charge in [0.15, 0.2) is 0 Å². The zero-order valence-corrected chi connectivity index (χ0v) is 14.7. The van der Waals surface area contributed by atoms with Crippen molar-refractivity contribution >= 4 is 53.4 Å². The lowest BCUT2D eigenvalue weighted by Crippen LogP contribution is -2.00. The van der Waals surface area contributed by atoms with Gasteiger partial charge in [0.2, 0.25) is 0 Å². The molecule has 1 fully saturated rings. The quantitative estimate of drug-likeness (QED) is 0.360. The standard InChI is InChI=1S/C19H14Br2/c20-12-3-5-14-15-6-4-13(21)9-17(15)19-11-2-1-10(7-11)18(19)16(14)8-12/h3-6,8-11H,1-2,7H2. The van der Waals surface area contributed by atoms with E-state index in [2.05, 4.69) is 68.3 Å². The Kier molecular flexibility index (Phi) is 2.61. The Bertz CT molecular complexity index is 836. The molecule has 0 nitrogen and oxygen atoms in total. The van der Waals surface area contributed by atoms with Gasteiger partial charge in [-0.3, -0.25) is 0 Å². The molecule has 2 heteroatoms. The van der Waals surface area contributed by atoms with Gasteiger partial charge in [-0.15, -0.1) is 0 Å². The smallest absolute Gasteiger partial charge is 0.0181 e. The van der Waals surface area contributed by atoms with Crippen molar-refractivity contribution in [3.8, 4) is 0 Å². The Labute approximate surface area is 140 Å². The van der Waals surface area contributed by atoms with E-state index in [1.165, 1.54) is 49.8 Å². The average molecular weight is 402 g/mol. The molecule has 0 saturated heterocycles. The van der Waals surface area contributed by atoms with Crippen LogP contribution in [0.3, 0.4) is 0 Å². The first-order chi connectivity index (χ1) is 10.2. The minimum atomic E-state index is 0.783. The van der Waals surface area contributed by atoms with E-state index in [1.807, 2.05) is 0 Å². The van der Waals surface area contributed by atoms with Crippen LogP contribution < -0.4 is 0 Å². The van der Waals surface area contributed by atoms with E-state index in [0.29, 0.717) is 0 Å². The first-order valence-electron chi connectivity index (χ1n) is 7.56. The Hall–Kier alpha value is -0.860. The van der Waals surface area contributed by atoms with Crippen molar-refractivity contribution < 1.29 is 0 Å². The summed E-state index contributed by atoms with van der Waals surface area (Å²) >= 11 is 7.32. The zero-order chi connectivity index (χ0) is 14.1. The summed E-state index contributed by atoms with van der Waals surface area (Å²) in [6.45, 7) is 0. The van der Waals surface area contributed by atoms with Gasteiger partial charge in [-0.2, -0.15) is 0 Å². The second-order valence-corrected chi connectivity index (χ2v) is 8.25. The van der Waals surface area contributed by atoms with E-state index < -0.39 is 0 Å². The predicted molar refractivity (Wildman–Crippen MR) is 96.2 cm³/mol. The molecular formula is C19H14Br2. The van der Waals surface area contributed by atoms with E-state index in [-0.39, 0.29) is 0 Å². The highest BCUT2D eigenvalue weighted by Crippen LogP contribution is 2.57. The van der Waals surface area contributed by atoms with Crippen LogP contribution in [-0.2, 0) is 0 Å². The maximum Gasteiger partial charge on any atom is 0.0181 e. The number of rotatable bonds is 0. The molecule has 0 amide bonds. The van der Waals surface area contributed by atoms with Gasteiger partial charge >= 0.3 is 0 Å². The topological polar surface area (TPSA) is 0 Å². The second kappa shape index (κ2) is 4.33. The lowest BCUT2D eigenvalue weighted by molar-refractivity contribution is 0.726. The molecule has 21 heavy (non-hydrogen) atoms. The van der Waals surface area contributed by atoms with Crippen LogP contribution in [0.4, 0.5) is 0 Å². The van der Waals surface area contributed by atoms with Crippen molar-refractivity contribution in [1.29, 1.82) is 0 Å². The molecule has 104 valence electrons. The molecule has 2 aliphatic rings. The lowest BCUT2D eigenvalue weighted by Gasteiger charge is -2.21. The molecule has 2 atom stereocenters. The monoisotopic (exact) mass is 400 g/mol. The van der Waals surface area contributed by atoms with Crippen molar-refractivity contribution in [1.82, 2.24) is 0 Å². The fraction of sp³-hybridized carbons (Fsp3) is 0.263. The highest BCUT2D eigenvalue weighted by atomic mass is 79.9. The lowest BCUT2D eigenvalue weighted by atomic mass is 9.83. The maximum absolute atomic E-state index is 3.66. The average Bonchev–Trinajstić information content (AvgIpc) is 3.08. The summed E-state index contributed by atoms with van der Waals surface area (Å²) < 4.78 is 2.38. The Morgan fingerprint density at radius 1 is 0.667 bits per heavy atom. The minimum Gasteiger partial charge on any atom is -0.0526 e. The summed E-state index contributed by atoms with van der Waals surface area (Å²) in [5.41, 5.74) is 3.29. The molecule has 2 bridgehead atoms. The fourth-order valence-corrected chi connectivity index (χ4v) is 5.35. The van der Waals surface area contributed by atoms with Gasteiger partial charge < -0.3 is 0 Å². The molecular weight excluding hydrogens is 388 g/mol. The number of hydrogen-bond donors (Lipinski definition) is 0. The third kappa shape index (κ3) is 1.66. The van der Waals surface area contributed by atoms with E-state index in [1.54, 1.807) is 11.1 Å². The van der Waals surface area contributed by atoms with Crippen LogP contribution in [0.2, 0.25) is 0 Å². The van der Waals surface area contributed by atoms with Gasteiger partial charge in [0.25, 0.3) is 0 Å². The molecule has 3 aromatic rings. The molecule has 3 aromatic carbocycles. The van der Waals surface area contributed by atoms with E-state index >= 15 is 0 Å². The van der Waals surface area contributed by atoms with Crippen LogP contribution in [0.15, 0.2) is 45.3 Å². The maximum atomic E-state index is 3.66. The normalized spacial score (nSPS) is 23.1. The van der Waals surface area contributed by atoms with Gasteiger partial charge in [0.1, 0.15) is 0 Å². The van der Waals surface area contributed by atoms with Gasteiger partial charge in [-0.1, -0.05) is 44.0 Å². The van der Waals surface area contributed by atoms with Gasteiger partial charge in [0.05, 0.1) is 0 Å². The molecule has 1 saturated carbocycles. The molecule has 0 aliphatic heterocycles. The van der Waals surface area contributed by atoms with Crippen molar-refractivity contribution in [2.45, 2.75) is 31.1 Å². The Balaban J connectivity index is 2.06. The SMILES string of the molecule is Brc1ccc2c(c1)c1c(c3cc(Br)ccc32)C2CCC1C2. The van der Waals surface area contributed by atoms with Gasteiger partial charge in [0, 0.05) is 8.95 Å². The first-order valence-corrected chi connectivity index (χ1v) is 9.15. The van der Waals surface area contributed by atoms with Crippen LogP contribution in [0.25, 0.3) is 21.5 Å². The third-order valence-corrected chi connectivity index (χ3v) is 6.36. The van der Waals surface area contributed by atoms with E-state index in [4.69, 9.17) is 0 Å². The summed E-state index contributed by atoms with van der Waals surface area (Å²) in [4.78, 5) is 0. The van der Waals surface area contributed by atoms with Gasteiger partial charge in [-0.05, 0) is 88.0 Å². The predicted octanol–water partition coefficient (Wildman–Crippen LogP) is 6.88. The summed E-state index contributed by atoms with van der Waals surface area (Å²) in [7, 11) is 0. The summed E-state index contributed by atoms with van der Waals surface area (Å²) in [5, 5.41) is 5.77. The first kappa shape index (κ1) is 12.7. The number of fused-ring (bicyclic) bond motifs is 10. The summed E-state index contributed by atoms with van der Waals surface area (Å²) in [6, 6.07) is 13.6. The molecule has 0 spiro atoms. The molecule has 0 radical (unpaired) electrons. The number of benzene rings is 3. The minimum absolute atomic E-state index is 0.783. The summed E-state index contributed by atoms with van der Waals surface area (Å²) in [5.74, 6) is 1.57. The van der Waals surface area contributed by atoms with Crippen LogP contribution in [0.1, 0.15) is 42.2 Å². The van der Waals surface area contributed by atoms with Crippen LogP contribution in [-0.4, -0.2) is 0 Å². The second-order valence-electron chi connectivity index (χ2n) is 6.41. The van der Waals surface area contributed by atoms with Crippen LogP contribution in [0.5, 0.6) is 0 Å². The highest BCUT2D eigenvalue weighted by molar-refractivity contribution is 9.10. The summed E-state index contributed by atoms with van der Waals surface area (Å²) in [6.07, 6.45) is 4.11. The van der Waals surface area contributed by atoms with Crippen LogP contribution >= 0.6 is 31.9 Å². The Morgan fingerprint density at radius 3 is 1.62 bits per heavy atom. The molecule has 0 aromatic heterocycles. The van der Waals surface area contributed by atoms with E-state index in [9.17, 15) is 0 Å². The molecule has 0 N–H and O–H groups in total. The number of halogens is 2. The van der Waals surface area contributed by atoms with E-state index in [0.717, 1.165) is 11.8 Å². The molecule has 0 heterocycles. The molecule has 2 aliphatic carbocycles. The largest absolute Gasteiger partial charge is 0.0526 e. The third-order valence-electron chi connectivity index (χ3n) is 5.37. The van der Waals surface area contributed by atoms with Crippen LogP contribution in [0, 0.1) is 0 Å². The molecule has 2 unspecified atom stereocenters. The Morgan fingerprint density at radius 2 is 1.14 bits per heavy atom. The van der Waals surface area contributed by atoms with Crippen molar-refractivity contribution in [2.24, 2.45) is 0 Å².